The molecule has 1 spiro atoms. The van der Waals surface area contributed by atoms with Crippen LogP contribution >= 0.6 is 0 Å². The second kappa shape index (κ2) is 6.57. The van der Waals surface area contributed by atoms with E-state index in [0.717, 1.165) is 38.5 Å². The number of piperazine rings is 1. The Morgan fingerprint density at radius 1 is 1.30 bits per heavy atom. The summed E-state index contributed by atoms with van der Waals surface area (Å²) in [7, 11) is 0. The number of hydrogen-bond acceptors (Lipinski definition) is 3. The fourth-order valence-corrected chi connectivity index (χ4v) is 3.26. The van der Waals surface area contributed by atoms with Crippen molar-refractivity contribution in [2.75, 3.05) is 19.8 Å². The highest BCUT2D eigenvalue weighted by Gasteiger charge is 2.49. The summed E-state index contributed by atoms with van der Waals surface area (Å²) < 4.78 is 5.32. The molecule has 114 valence electrons. The van der Waals surface area contributed by atoms with Gasteiger partial charge in [-0.1, -0.05) is 19.3 Å². The summed E-state index contributed by atoms with van der Waals surface area (Å²) >= 11 is 0. The Morgan fingerprint density at radius 3 is 2.65 bits per heavy atom. The summed E-state index contributed by atoms with van der Waals surface area (Å²) in [6.45, 7) is 5.70. The number of ether oxygens (including phenoxy) is 1. The van der Waals surface area contributed by atoms with Crippen molar-refractivity contribution in [2.45, 2.75) is 64.0 Å². The van der Waals surface area contributed by atoms with Gasteiger partial charge in [-0.05, 0) is 33.1 Å². The molecule has 5 heteroatoms. The zero-order valence-electron chi connectivity index (χ0n) is 12.6. The van der Waals surface area contributed by atoms with Crippen molar-refractivity contribution in [3.05, 3.63) is 0 Å². The summed E-state index contributed by atoms with van der Waals surface area (Å²) in [6, 6.07) is -0.364. The predicted molar refractivity (Wildman–Crippen MR) is 76.2 cm³/mol. The Bertz CT molecular complexity index is 364. The molecular weight excluding hydrogens is 256 g/mol. The van der Waals surface area contributed by atoms with E-state index in [-0.39, 0.29) is 17.9 Å². The summed E-state index contributed by atoms with van der Waals surface area (Å²) in [6.07, 6.45) is 5.55. The van der Waals surface area contributed by atoms with E-state index in [2.05, 4.69) is 5.32 Å². The molecule has 0 aromatic carbocycles. The maximum Gasteiger partial charge on any atom is 0.248 e. The van der Waals surface area contributed by atoms with Crippen LogP contribution in [0, 0.1) is 0 Å². The van der Waals surface area contributed by atoms with Crippen LogP contribution in [0.4, 0.5) is 0 Å². The molecule has 1 saturated heterocycles. The smallest absolute Gasteiger partial charge is 0.248 e. The molecule has 20 heavy (non-hydrogen) atoms. The molecule has 1 saturated carbocycles. The number of amides is 2. The van der Waals surface area contributed by atoms with Gasteiger partial charge in [-0.3, -0.25) is 9.59 Å². The van der Waals surface area contributed by atoms with Crippen molar-refractivity contribution < 1.29 is 14.3 Å². The number of nitrogens with zero attached hydrogens (tertiary/aromatic N) is 1. The van der Waals surface area contributed by atoms with E-state index in [4.69, 9.17) is 4.74 Å². The second-order valence-corrected chi connectivity index (χ2v) is 5.86. The highest BCUT2D eigenvalue weighted by Crippen LogP contribution is 2.33. The molecule has 2 fully saturated rings. The number of rotatable bonds is 5. The second-order valence-electron chi connectivity index (χ2n) is 5.86. The molecule has 0 bridgehead atoms. The first kappa shape index (κ1) is 15.3. The van der Waals surface area contributed by atoms with Gasteiger partial charge in [0.1, 0.15) is 11.6 Å². The summed E-state index contributed by atoms with van der Waals surface area (Å²) in [5.41, 5.74) is -0.618. The average molecular weight is 282 g/mol. The van der Waals surface area contributed by atoms with Gasteiger partial charge in [0, 0.05) is 19.8 Å². The minimum absolute atomic E-state index is 0.0112. The lowest BCUT2D eigenvalue weighted by Gasteiger charge is -2.46. The molecule has 0 aromatic heterocycles. The highest BCUT2D eigenvalue weighted by atomic mass is 16.5. The SMILES string of the molecule is CCOCCCN1C(=O)C2(CCCCC2)NC(=O)C1C. The van der Waals surface area contributed by atoms with E-state index in [0.29, 0.717) is 19.8 Å². The Labute approximate surface area is 121 Å². The van der Waals surface area contributed by atoms with Crippen molar-refractivity contribution in [3.63, 3.8) is 0 Å². The minimum atomic E-state index is -0.618. The lowest BCUT2D eigenvalue weighted by molar-refractivity contribution is -0.156. The normalized spacial score (nSPS) is 25.9. The molecule has 5 nitrogen and oxygen atoms in total. The van der Waals surface area contributed by atoms with Gasteiger partial charge in [0.2, 0.25) is 11.8 Å². The average Bonchev–Trinajstić information content (AvgIpc) is 2.46. The van der Waals surface area contributed by atoms with Crippen molar-refractivity contribution in [3.8, 4) is 0 Å². The Hall–Kier alpha value is -1.10. The molecule has 2 rings (SSSR count). The van der Waals surface area contributed by atoms with Crippen LogP contribution < -0.4 is 5.32 Å². The van der Waals surface area contributed by atoms with Crippen LogP contribution in [0.2, 0.25) is 0 Å². The van der Waals surface area contributed by atoms with E-state index in [1.807, 2.05) is 13.8 Å². The number of nitrogens with one attached hydrogen (secondary N) is 1. The maximum absolute atomic E-state index is 12.8. The van der Waals surface area contributed by atoms with Crippen LogP contribution in [0.15, 0.2) is 0 Å². The maximum atomic E-state index is 12.8. The third-order valence-corrected chi connectivity index (χ3v) is 4.48. The van der Waals surface area contributed by atoms with Crippen LogP contribution in [0.5, 0.6) is 0 Å². The monoisotopic (exact) mass is 282 g/mol. The lowest BCUT2D eigenvalue weighted by Crippen LogP contribution is -2.70. The van der Waals surface area contributed by atoms with Crippen molar-refractivity contribution >= 4 is 11.8 Å². The lowest BCUT2D eigenvalue weighted by atomic mass is 9.78. The van der Waals surface area contributed by atoms with Crippen LogP contribution in [0.3, 0.4) is 0 Å². The molecule has 2 aliphatic rings. The summed E-state index contributed by atoms with van der Waals surface area (Å²) in [4.78, 5) is 26.7. The van der Waals surface area contributed by atoms with Crippen LogP contribution in [-0.4, -0.2) is 48.1 Å². The van der Waals surface area contributed by atoms with E-state index < -0.39 is 5.54 Å². The molecule has 1 N–H and O–H groups in total. The van der Waals surface area contributed by atoms with Gasteiger partial charge in [0.25, 0.3) is 0 Å². The van der Waals surface area contributed by atoms with Gasteiger partial charge in [0.05, 0.1) is 0 Å². The molecule has 2 amide bonds. The van der Waals surface area contributed by atoms with E-state index >= 15 is 0 Å². The summed E-state index contributed by atoms with van der Waals surface area (Å²) in [5.74, 6) is 0.101. The van der Waals surface area contributed by atoms with Gasteiger partial charge in [0.15, 0.2) is 0 Å². The Morgan fingerprint density at radius 2 is 2.00 bits per heavy atom. The van der Waals surface area contributed by atoms with E-state index in [1.165, 1.54) is 0 Å². The molecule has 1 heterocycles. The van der Waals surface area contributed by atoms with Crippen LogP contribution in [0.1, 0.15) is 52.4 Å². The van der Waals surface area contributed by atoms with Crippen molar-refractivity contribution in [1.29, 1.82) is 0 Å². The van der Waals surface area contributed by atoms with Crippen molar-refractivity contribution in [2.24, 2.45) is 0 Å². The fraction of sp³-hybridized carbons (Fsp3) is 0.867. The van der Waals surface area contributed by atoms with Gasteiger partial charge >= 0.3 is 0 Å². The molecule has 1 atom stereocenters. The first-order chi connectivity index (χ1) is 9.60. The standard InChI is InChI=1S/C15H26N2O3/c1-3-20-11-7-10-17-12(2)13(18)16-15(14(17)19)8-5-4-6-9-15/h12H,3-11H2,1-2H3,(H,16,18). The minimum Gasteiger partial charge on any atom is -0.382 e. The molecule has 1 aliphatic heterocycles. The molecule has 1 unspecified atom stereocenters. The van der Waals surface area contributed by atoms with Gasteiger partial charge in [-0.2, -0.15) is 0 Å². The molecule has 0 radical (unpaired) electrons. The number of carbonyl (C=O) groups is 2. The zero-order valence-corrected chi connectivity index (χ0v) is 12.6. The predicted octanol–water partition coefficient (Wildman–Crippen LogP) is 1.46. The van der Waals surface area contributed by atoms with E-state index in [1.54, 1.807) is 4.90 Å². The molecule has 1 aliphatic carbocycles. The van der Waals surface area contributed by atoms with Gasteiger partial charge in [-0.25, -0.2) is 0 Å². The van der Waals surface area contributed by atoms with Gasteiger partial charge < -0.3 is 15.0 Å². The first-order valence-electron chi connectivity index (χ1n) is 7.81. The van der Waals surface area contributed by atoms with Crippen LogP contribution in [0.25, 0.3) is 0 Å². The first-order valence-corrected chi connectivity index (χ1v) is 7.81. The molecule has 0 aromatic rings. The largest absolute Gasteiger partial charge is 0.382 e. The summed E-state index contributed by atoms with van der Waals surface area (Å²) in [5, 5.41) is 3.00. The topological polar surface area (TPSA) is 58.6 Å². The third kappa shape index (κ3) is 2.97. The Kier molecular flexibility index (Phi) is 5.02. The molecular formula is C15H26N2O3. The third-order valence-electron chi connectivity index (χ3n) is 4.48. The Balaban J connectivity index is 2.04. The number of hydrogen-bond donors (Lipinski definition) is 1. The van der Waals surface area contributed by atoms with E-state index in [9.17, 15) is 9.59 Å². The quantitative estimate of drug-likeness (QED) is 0.777. The fourth-order valence-electron chi connectivity index (χ4n) is 3.26. The highest BCUT2D eigenvalue weighted by molar-refractivity contribution is 5.99. The van der Waals surface area contributed by atoms with Gasteiger partial charge in [-0.15, -0.1) is 0 Å². The van der Waals surface area contributed by atoms with Crippen molar-refractivity contribution in [1.82, 2.24) is 10.2 Å². The zero-order chi connectivity index (χ0) is 14.6. The number of carbonyl (C=O) groups excluding carboxylic acids is 2. The van der Waals surface area contributed by atoms with Crippen LogP contribution in [-0.2, 0) is 14.3 Å².